The predicted octanol–water partition coefficient (Wildman–Crippen LogP) is 1.96. The van der Waals surface area contributed by atoms with Gasteiger partial charge in [0.1, 0.15) is 0 Å². The minimum Gasteiger partial charge on any atom is -0.447 e. The van der Waals surface area contributed by atoms with Gasteiger partial charge in [-0.15, -0.1) is 6.42 Å². The van der Waals surface area contributed by atoms with E-state index < -0.39 is 21.6 Å². The predicted molar refractivity (Wildman–Crippen MR) is 92.4 cm³/mol. The van der Waals surface area contributed by atoms with Crippen LogP contribution in [-0.2, 0) is 19.6 Å². The highest BCUT2D eigenvalue weighted by Crippen LogP contribution is 2.16. The monoisotopic (exact) mass is 347 g/mol. The van der Waals surface area contributed by atoms with Crippen LogP contribution in [0.25, 0.3) is 0 Å². The Kier molecular flexibility index (Phi) is 6.60. The van der Waals surface area contributed by atoms with Gasteiger partial charge in [-0.2, -0.15) is 4.31 Å². The first-order chi connectivity index (χ1) is 11.1. The number of carbonyl (C=O) groups is 1. The van der Waals surface area contributed by atoms with Crippen LogP contribution in [0.2, 0.25) is 0 Å². The molecule has 0 N–H and O–H groups in total. The van der Waals surface area contributed by atoms with Crippen molar-refractivity contribution in [3.63, 3.8) is 0 Å². The lowest BCUT2D eigenvalue weighted by Gasteiger charge is -2.19. The number of esters is 1. The normalized spacial score (nSPS) is 11.3. The van der Waals surface area contributed by atoms with Crippen molar-refractivity contribution in [2.45, 2.75) is 38.2 Å². The van der Waals surface area contributed by atoms with Gasteiger partial charge in [-0.05, 0) is 32.9 Å². The number of sulfonamides is 1. The summed E-state index contributed by atoms with van der Waals surface area (Å²) in [6, 6.07) is 6.50. The molecular formula is C18H21NO4S. The zero-order valence-electron chi connectivity index (χ0n) is 14.3. The molecule has 0 bridgehead atoms. The molecule has 128 valence electrons. The van der Waals surface area contributed by atoms with Crippen LogP contribution >= 0.6 is 0 Å². The second kappa shape index (κ2) is 8.01. The van der Waals surface area contributed by atoms with Crippen molar-refractivity contribution in [2.24, 2.45) is 0 Å². The molecule has 1 aromatic rings. The number of terminal acetylenes is 1. The van der Waals surface area contributed by atoms with Crippen LogP contribution in [0.1, 0.15) is 26.3 Å². The van der Waals surface area contributed by atoms with E-state index in [4.69, 9.17) is 11.2 Å². The fraction of sp³-hybridized carbons (Fsp3) is 0.389. The topological polar surface area (TPSA) is 63.7 Å². The Morgan fingerprint density at radius 3 is 2.33 bits per heavy atom. The third kappa shape index (κ3) is 5.73. The van der Waals surface area contributed by atoms with Crippen LogP contribution in [0.5, 0.6) is 0 Å². The molecule has 0 aliphatic rings. The van der Waals surface area contributed by atoms with E-state index in [2.05, 4.69) is 17.8 Å². The van der Waals surface area contributed by atoms with Gasteiger partial charge in [0, 0.05) is 6.92 Å². The van der Waals surface area contributed by atoms with E-state index in [9.17, 15) is 13.2 Å². The summed E-state index contributed by atoms with van der Waals surface area (Å²) in [4.78, 5) is 11.2. The van der Waals surface area contributed by atoms with Gasteiger partial charge < -0.3 is 4.74 Å². The first-order valence-corrected chi connectivity index (χ1v) is 8.72. The highest BCUT2D eigenvalue weighted by molar-refractivity contribution is 7.89. The first-order valence-electron chi connectivity index (χ1n) is 7.28. The van der Waals surface area contributed by atoms with Gasteiger partial charge >= 0.3 is 5.97 Å². The molecule has 0 aliphatic heterocycles. The third-order valence-corrected chi connectivity index (χ3v) is 4.78. The zero-order valence-corrected chi connectivity index (χ0v) is 15.1. The number of rotatable bonds is 5. The van der Waals surface area contributed by atoms with E-state index in [1.807, 2.05) is 6.92 Å². The molecule has 0 atom stereocenters. The molecule has 0 amide bonds. The van der Waals surface area contributed by atoms with Crippen LogP contribution in [0, 0.1) is 31.1 Å². The van der Waals surface area contributed by atoms with Crippen LogP contribution < -0.4 is 0 Å². The van der Waals surface area contributed by atoms with E-state index >= 15 is 0 Å². The van der Waals surface area contributed by atoms with Gasteiger partial charge in [-0.3, -0.25) is 4.79 Å². The summed E-state index contributed by atoms with van der Waals surface area (Å²) < 4.78 is 31.4. The highest BCUT2D eigenvalue weighted by Gasteiger charge is 2.23. The Morgan fingerprint density at radius 1 is 1.25 bits per heavy atom. The molecule has 0 radical (unpaired) electrons. The number of carbonyl (C=O) groups excluding carboxylic acids is 1. The van der Waals surface area contributed by atoms with E-state index in [0.717, 1.165) is 9.87 Å². The van der Waals surface area contributed by atoms with Crippen molar-refractivity contribution in [1.29, 1.82) is 0 Å². The molecule has 0 unspecified atom stereocenters. The first kappa shape index (κ1) is 19.8. The molecule has 0 saturated heterocycles. The average Bonchev–Trinajstić information content (AvgIpc) is 2.45. The third-order valence-electron chi connectivity index (χ3n) is 2.97. The number of ether oxygens (including phenoxy) is 1. The highest BCUT2D eigenvalue weighted by atomic mass is 32.2. The lowest BCUT2D eigenvalue weighted by molar-refractivity contribution is -0.148. The summed E-state index contributed by atoms with van der Waals surface area (Å²) >= 11 is 0. The van der Waals surface area contributed by atoms with Crippen LogP contribution in [0.3, 0.4) is 0 Å². The molecule has 1 aromatic carbocycles. The SMILES string of the molecule is C#CCN(CC#CC(C)(C)OC(C)=O)S(=O)(=O)c1ccc(C)cc1. The standard InChI is InChI=1S/C18H21NO4S/c1-6-13-19(14-7-12-18(4,5)23-16(3)20)24(21,22)17-10-8-15(2)9-11-17/h1,8-11H,13-14H2,2-5H3. The molecule has 24 heavy (non-hydrogen) atoms. The second-order valence-corrected chi connectivity index (χ2v) is 7.63. The fourth-order valence-corrected chi connectivity index (χ4v) is 3.17. The van der Waals surface area contributed by atoms with E-state index in [1.54, 1.807) is 26.0 Å². The molecule has 0 spiro atoms. The van der Waals surface area contributed by atoms with Crippen molar-refractivity contribution >= 4 is 16.0 Å². The Balaban J connectivity index is 3.02. The Morgan fingerprint density at radius 2 is 1.83 bits per heavy atom. The maximum Gasteiger partial charge on any atom is 0.304 e. The zero-order chi connectivity index (χ0) is 18.4. The minimum absolute atomic E-state index is 0.0922. The van der Waals surface area contributed by atoms with Gasteiger partial charge in [-0.1, -0.05) is 35.5 Å². The molecule has 5 nitrogen and oxygen atoms in total. The Labute approximate surface area is 144 Å². The molecule has 1 rings (SSSR count). The lowest BCUT2D eigenvalue weighted by Crippen LogP contribution is -2.32. The van der Waals surface area contributed by atoms with Crippen molar-refractivity contribution in [3.05, 3.63) is 29.8 Å². The number of benzene rings is 1. The largest absolute Gasteiger partial charge is 0.447 e. The summed E-state index contributed by atoms with van der Waals surface area (Å²) in [6.07, 6.45) is 5.28. The molecule has 0 aromatic heterocycles. The maximum absolute atomic E-state index is 12.6. The number of hydrogen-bond donors (Lipinski definition) is 0. The van der Waals surface area contributed by atoms with Crippen molar-refractivity contribution < 1.29 is 17.9 Å². The minimum atomic E-state index is -3.74. The fourth-order valence-electron chi connectivity index (χ4n) is 1.91. The smallest absolute Gasteiger partial charge is 0.304 e. The summed E-state index contributed by atoms with van der Waals surface area (Å²) in [6.45, 7) is 6.22. The van der Waals surface area contributed by atoms with E-state index in [0.29, 0.717) is 0 Å². The van der Waals surface area contributed by atoms with Crippen molar-refractivity contribution in [1.82, 2.24) is 4.31 Å². The van der Waals surface area contributed by atoms with E-state index in [-0.39, 0.29) is 18.0 Å². The molecule has 0 heterocycles. The Hall–Kier alpha value is -2.28. The van der Waals surface area contributed by atoms with E-state index in [1.165, 1.54) is 19.1 Å². The van der Waals surface area contributed by atoms with Gasteiger partial charge in [-0.25, -0.2) is 8.42 Å². The second-order valence-electron chi connectivity index (χ2n) is 5.70. The molecular weight excluding hydrogens is 326 g/mol. The van der Waals surface area contributed by atoms with Crippen molar-refractivity contribution in [3.8, 4) is 24.2 Å². The maximum atomic E-state index is 12.6. The quantitative estimate of drug-likeness (QED) is 0.603. The van der Waals surface area contributed by atoms with Crippen LogP contribution in [0.15, 0.2) is 29.2 Å². The number of nitrogens with zero attached hydrogens (tertiary/aromatic N) is 1. The molecule has 0 aliphatic carbocycles. The summed E-state index contributed by atoms with van der Waals surface area (Å²) in [7, 11) is -3.74. The van der Waals surface area contributed by atoms with Gasteiger partial charge in [0.25, 0.3) is 0 Å². The number of hydrogen-bond acceptors (Lipinski definition) is 4. The van der Waals surface area contributed by atoms with Crippen LogP contribution in [-0.4, -0.2) is 37.4 Å². The van der Waals surface area contributed by atoms with Crippen molar-refractivity contribution in [2.75, 3.05) is 13.1 Å². The summed E-state index contributed by atoms with van der Waals surface area (Å²) in [5, 5.41) is 0. The average molecular weight is 347 g/mol. The lowest BCUT2D eigenvalue weighted by atomic mass is 10.1. The number of aryl methyl sites for hydroxylation is 1. The molecule has 0 fully saturated rings. The van der Waals surface area contributed by atoms with Gasteiger partial charge in [0.2, 0.25) is 10.0 Å². The summed E-state index contributed by atoms with van der Waals surface area (Å²) in [5.41, 5.74) is -0.0401. The Bertz CT molecular complexity index is 790. The summed E-state index contributed by atoms with van der Waals surface area (Å²) in [5.74, 6) is 7.34. The van der Waals surface area contributed by atoms with Gasteiger partial charge in [0.05, 0.1) is 18.0 Å². The molecule has 6 heteroatoms. The van der Waals surface area contributed by atoms with Gasteiger partial charge in [0.15, 0.2) is 5.60 Å². The molecule has 0 saturated carbocycles. The van der Waals surface area contributed by atoms with Crippen LogP contribution in [0.4, 0.5) is 0 Å².